The predicted octanol–water partition coefficient (Wildman–Crippen LogP) is 4.26. The van der Waals surface area contributed by atoms with Gasteiger partial charge in [-0.3, -0.25) is 0 Å². The summed E-state index contributed by atoms with van der Waals surface area (Å²) in [5.74, 6) is 0. The summed E-state index contributed by atoms with van der Waals surface area (Å²) in [5.41, 5.74) is 5.10. The van der Waals surface area contributed by atoms with Crippen LogP contribution in [-0.2, 0) is 19.4 Å². The number of rotatable bonds is 2. The van der Waals surface area contributed by atoms with Gasteiger partial charge in [0.05, 0.1) is 27.7 Å². The molecular formula is C20H18N4OS. The fourth-order valence-corrected chi connectivity index (χ4v) is 4.24. The summed E-state index contributed by atoms with van der Waals surface area (Å²) in [6.07, 6.45) is 1.20. The van der Waals surface area contributed by atoms with Crippen molar-refractivity contribution in [2.75, 3.05) is 11.9 Å². The van der Waals surface area contributed by atoms with Crippen molar-refractivity contribution in [1.82, 2.24) is 9.88 Å². The molecule has 1 aliphatic heterocycles. The van der Waals surface area contributed by atoms with E-state index in [0.29, 0.717) is 19.5 Å². The second-order valence-electron chi connectivity index (χ2n) is 6.41. The van der Waals surface area contributed by atoms with Gasteiger partial charge in [0.25, 0.3) is 0 Å². The maximum absolute atomic E-state index is 12.7. The largest absolute Gasteiger partial charge is 0.322 e. The summed E-state index contributed by atoms with van der Waals surface area (Å²) in [6, 6.07) is 14.0. The van der Waals surface area contributed by atoms with Crippen molar-refractivity contribution in [3.63, 3.8) is 0 Å². The first kappa shape index (κ1) is 16.6. The number of anilines is 1. The Labute approximate surface area is 155 Å². The van der Waals surface area contributed by atoms with Gasteiger partial charge in [0.2, 0.25) is 0 Å². The third-order valence-corrected chi connectivity index (χ3v) is 5.62. The number of benzene rings is 2. The van der Waals surface area contributed by atoms with Gasteiger partial charge < -0.3 is 10.2 Å². The number of nitrogens with zero attached hydrogens (tertiary/aromatic N) is 3. The highest BCUT2D eigenvalue weighted by Crippen LogP contribution is 2.26. The smallest absolute Gasteiger partial charge is 0.320 e. The number of thiazole rings is 1. The van der Waals surface area contributed by atoms with E-state index in [1.165, 1.54) is 5.56 Å². The highest BCUT2D eigenvalue weighted by Gasteiger charge is 2.22. The third kappa shape index (κ3) is 3.14. The van der Waals surface area contributed by atoms with Crippen LogP contribution in [0, 0.1) is 18.3 Å². The molecule has 2 heterocycles. The number of carbonyl (C=O) groups is 1. The molecule has 4 rings (SSSR count). The Bertz CT molecular complexity index is 1030. The summed E-state index contributed by atoms with van der Waals surface area (Å²) in [5, 5.41) is 13.0. The zero-order chi connectivity index (χ0) is 18.1. The SMILES string of the molecule is Cc1nc2cc(NC(=O)N3CCc4c(CC#N)cccc4C3)ccc2s1. The lowest BCUT2D eigenvalue weighted by Gasteiger charge is -2.30. The van der Waals surface area contributed by atoms with E-state index in [1.54, 1.807) is 11.3 Å². The molecule has 0 unspecified atom stereocenters. The highest BCUT2D eigenvalue weighted by molar-refractivity contribution is 7.18. The van der Waals surface area contributed by atoms with Crippen LogP contribution in [0.3, 0.4) is 0 Å². The molecule has 0 saturated heterocycles. The molecule has 0 bridgehead atoms. The normalized spacial score (nSPS) is 13.3. The van der Waals surface area contributed by atoms with E-state index in [1.807, 2.05) is 48.2 Å². The van der Waals surface area contributed by atoms with Crippen LogP contribution in [0.2, 0.25) is 0 Å². The molecule has 130 valence electrons. The van der Waals surface area contributed by atoms with Crippen molar-refractivity contribution < 1.29 is 4.79 Å². The molecule has 1 N–H and O–H groups in total. The van der Waals surface area contributed by atoms with Crippen LogP contribution in [0.15, 0.2) is 36.4 Å². The van der Waals surface area contributed by atoms with Gasteiger partial charge >= 0.3 is 6.03 Å². The fourth-order valence-electron chi connectivity index (χ4n) is 3.44. The highest BCUT2D eigenvalue weighted by atomic mass is 32.1. The predicted molar refractivity (Wildman–Crippen MR) is 103 cm³/mol. The Balaban J connectivity index is 1.50. The molecule has 2 amide bonds. The van der Waals surface area contributed by atoms with Crippen molar-refractivity contribution in [3.8, 4) is 6.07 Å². The Kier molecular flexibility index (Phi) is 4.31. The maximum Gasteiger partial charge on any atom is 0.322 e. The molecule has 0 radical (unpaired) electrons. The first-order valence-corrected chi connectivity index (χ1v) is 9.35. The van der Waals surface area contributed by atoms with Gasteiger partial charge in [-0.15, -0.1) is 11.3 Å². The first-order chi connectivity index (χ1) is 12.6. The molecule has 1 aliphatic rings. The zero-order valence-corrected chi connectivity index (χ0v) is 15.3. The molecule has 3 aromatic rings. The molecule has 2 aromatic carbocycles. The summed E-state index contributed by atoms with van der Waals surface area (Å²) < 4.78 is 1.12. The van der Waals surface area contributed by atoms with Crippen molar-refractivity contribution in [1.29, 1.82) is 5.26 Å². The third-order valence-electron chi connectivity index (χ3n) is 4.67. The zero-order valence-electron chi connectivity index (χ0n) is 14.5. The van der Waals surface area contributed by atoms with Crippen LogP contribution in [0.5, 0.6) is 0 Å². The van der Waals surface area contributed by atoms with Crippen LogP contribution in [-0.4, -0.2) is 22.5 Å². The van der Waals surface area contributed by atoms with E-state index >= 15 is 0 Å². The van der Waals surface area contributed by atoms with Gasteiger partial charge in [0, 0.05) is 18.8 Å². The minimum atomic E-state index is -0.104. The molecule has 0 fully saturated rings. The van der Waals surface area contributed by atoms with Gasteiger partial charge in [-0.25, -0.2) is 9.78 Å². The number of amides is 2. The minimum absolute atomic E-state index is 0.104. The lowest BCUT2D eigenvalue weighted by molar-refractivity contribution is 0.206. The number of hydrogen-bond acceptors (Lipinski definition) is 4. The number of nitriles is 1. The molecule has 26 heavy (non-hydrogen) atoms. The van der Waals surface area contributed by atoms with Crippen LogP contribution >= 0.6 is 11.3 Å². The summed E-state index contributed by atoms with van der Waals surface area (Å²) in [4.78, 5) is 19.0. The maximum atomic E-state index is 12.7. The Morgan fingerprint density at radius 1 is 1.38 bits per heavy atom. The Morgan fingerprint density at radius 3 is 3.12 bits per heavy atom. The lowest BCUT2D eigenvalue weighted by atomic mass is 9.93. The van der Waals surface area contributed by atoms with E-state index < -0.39 is 0 Å². The molecular weight excluding hydrogens is 344 g/mol. The average Bonchev–Trinajstić information content (AvgIpc) is 3.01. The second kappa shape index (κ2) is 6.77. The number of nitrogens with one attached hydrogen (secondary N) is 1. The van der Waals surface area contributed by atoms with Crippen molar-refractivity contribution in [2.24, 2.45) is 0 Å². The standard InChI is InChI=1S/C20H18N4OS/c1-13-22-18-11-16(5-6-19(18)26-13)23-20(25)24-10-8-17-14(7-9-21)3-2-4-15(17)12-24/h2-6,11H,7-8,10,12H2,1H3,(H,23,25). The number of aryl methyl sites for hydroxylation is 1. The number of urea groups is 1. The van der Waals surface area contributed by atoms with Crippen LogP contribution in [0.4, 0.5) is 10.5 Å². The number of aromatic nitrogens is 1. The van der Waals surface area contributed by atoms with Gasteiger partial charge in [0.15, 0.2) is 0 Å². The van der Waals surface area contributed by atoms with Crippen LogP contribution in [0.1, 0.15) is 21.7 Å². The van der Waals surface area contributed by atoms with Crippen molar-refractivity contribution in [2.45, 2.75) is 26.3 Å². The average molecular weight is 362 g/mol. The lowest BCUT2D eigenvalue weighted by Crippen LogP contribution is -2.39. The number of hydrogen-bond donors (Lipinski definition) is 1. The molecule has 0 atom stereocenters. The Morgan fingerprint density at radius 2 is 2.27 bits per heavy atom. The molecule has 0 spiro atoms. The minimum Gasteiger partial charge on any atom is -0.320 e. The molecule has 0 aliphatic carbocycles. The van der Waals surface area contributed by atoms with Gasteiger partial charge in [-0.05, 0) is 48.2 Å². The summed E-state index contributed by atoms with van der Waals surface area (Å²) in [6.45, 7) is 3.20. The van der Waals surface area contributed by atoms with Gasteiger partial charge in [0.1, 0.15) is 0 Å². The molecule has 1 aromatic heterocycles. The van der Waals surface area contributed by atoms with Crippen molar-refractivity contribution in [3.05, 3.63) is 58.1 Å². The van der Waals surface area contributed by atoms with Crippen molar-refractivity contribution >= 4 is 33.3 Å². The van der Waals surface area contributed by atoms with E-state index in [0.717, 1.165) is 38.5 Å². The van der Waals surface area contributed by atoms with Gasteiger partial charge in [-0.1, -0.05) is 18.2 Å². The summed E-state index contributed by atoms with van der Waals surface area (Å²) >= 11 is 1.65. The first-order valence-electron chi connectivity index (χ1n) is 8.54. The van der Waals surface area contributed by atoms with E-state index in [-0.39, 0.29) is 6.03 Å². The summed E-state index contributed by atoms with van der Waals surface area (Å²) in [7, 11) is 0. The van der Waals surface area contributed by atoms with Crippen LogP contribution < -0.4 is 5.32 Å². The van der Waals surface area contributed by atoms with Gasteiger partial charge in [-0.2, -0.15) is 5.26 Å². The molecule has 6 heteroatoms. The van der Waals surface area contributed by atoms with E-state index in [2.05, 4.69) is 16.4 Å². The monoisotopic (exact) mass is 362 g/mol. The topological polar surface area (TPSA) is 69.0 Å². The molecule has 0 saturated carbocycles. The van der Waals surface area contributed by atoms with E-state index in [4.69, 9.17) is 5.26 Å². The molecule has 5 nitrogen and oxygen atoms in total. The fraction of sp³-hybridized carbons (Fsp3) is 0.250. The Hall–Kier alpha value is -2.91. The number of carbonyl (C=O) groups excluding carboxylic acids is 1. The van der Waals surface area contributed by atoms with Crippen LogP contribution in [0.25, 0.3) is 10.2 Å². The van der Waals surface area contributed by atoms with E-state index in [9.17, 15) is 4.79 Å². The second-order valence-corrected chi connectivity index (χ2v) is 7.64. The quantitative estimate of drug-likeness (QED) is 0.740. The number of fused-ring (bicyclic) bond motifs is 2.